The predicted octanol–water partition coefficient (Wildman–Crippen LogP) is 5.08. The Morgan fingerprint density at radius 3 is 2.21 bits per heavy atom. The summed E-state index contributed by atoms with van der Waals surface area (Å²) in [5.41, 5.74) is 0.214. The summed E-state index contributed by atoms with van der Waals surface area (Å²) in [6, 6.07) is -1.27. The minimum Gasteiger partial charge on any atom is -0.481 e. The molecule has 14 heteroatoms. The van der Waals surface area contributed by atoms with Gasteiger partial charge < -0.3 is 50.7 Å². The molecule has 0 radical (unpaired) electrons. The van der Waals surface area contributed by atoms with Crippen LogP contribution in [0.1, 0.15) is 152 Å². The number of hydrogen-bond donors (Lipinski definition) is 8. The molecule has 4 saturated carbocycles. The van der Waals surface area contributed by atoms with Crippen LogP contribution in [0.15, 0.2) is 11.6 Å². The molecule has 2 amide bonds. The van der Waals surface area contributed by atoms with Gasteiger partial charge in [-0.25, -0.2) is 4.79 Å². The Kier molecular flexibility index (Phi) is 13.4. The van der Waals surface area contributed by atoms with Crippen LogP contribution >= 0.6 is 0 Å². The fourth-order valence-electron chi connectivity index (χ4n) is 14.3. The smallest absolute Gasteiger partial charge is 0.364 e. The first-order chi connectivity index (χ1) is 28.3. The monoisotopic (exact) mass is 861 g/mol. The third kappa shape index (κ3) is 8.21. The Labute approximate surface area is 362 Å². The van der Waals surface area contributed by atoms with Crippen molar-refractivity contribution in [3.63, 3.8) is 0 Å². The van der Waals surface area contributed by atoms with Crippen molar-refractivity contribution in [1.29, 1.82) is 0 Å². The predicted molar refractivity (Wildman–Crippen MR) is 226 cm³/mol. The van der Waals surface area contributed by atoms with Crippen molar-refractivity contribution in [2.75, 3.05) is 13.2 Å². The van der Waals surface area contributed by atoms with Crippen molar-refractivity contribution in [3.05, 3.63) is 11.6 Å². The number of carbonyl (C=O) groups excluding carboxylic acids is 2. The Bertz CT molecular complexity index is 1720. The van der Waals surface area contributed by atoms with Crippen LogP contribution in [-0.2, 0) is 28.7 Å². The van der Waals surface area contributed by atoms with Crippen molar-refractivity contribution >= 4 is 23.8 Å². The highest BCUT2D eigenvalue weighted by Gasteiger charge is 2.70. The summed E-state index contributed by atoms with van der Waals surface area (Å²) in [7, 11) is 0. The number of carboxylic acids is 2. The van der Waals surface area contributed by atoms with Crippen LogP contribution in [0.3, 0.4) is 0 Å². The minimum atomic E-state index is -2.40. The lowest BCUT2D eigenvalue weighted by Crippen LogP contribution is -2.69. The molecule has 14 atom stereocenters. The Morgan fingerprint density at radius 2 is 1.57 bits per heavy atom. The number of aliphatic hydroxyl groups is 4. The van der Waals surface area contributed by atoms with Gasteiger partial charge in [0, 0.05) is 26.3 Å². The second-order valence-electron chi connectivity index (χ2n) is 22.2. The molecule has 1 heterocycles. The standard InChI is InChI=1S/C47H76N2O12/c1-27(51)49-36-30(52)25-47(40(58)59,61-38(36)37(56)31(53)26-50)60-34-16-17-43(6)32(42(34,4)5)15-18-45(8)33(43)14-13-28-29-24-41(2,3)19-21-46(29,22-20-44(28,45)7)39(57)48-23-11-9-10-12-35(54)55/h13,29-34,36-38,50,52-53,56H,9-12,14-26H2,1-8H3,(H,48,57)(H,49,51)(H,54,55)(H,58,59)/t29-,30-,31+,32-,33+,34-,36+,37+,38+,43-,44+,45+,46-,47+/m0/s1. The second-order valence-corrected chi connectivity index (χ2v) is 22.2. The van der Waals surface area contributed by atoms with Gasteiger partial charge in [0.2, 0.25) is 11.8 Å². The number of aliphatic hydroxyl groups excluding tert-OH is 4. The van der Waals surface area contributed by atoms with E-state index in [-0.39, 0.29) is 45.8 Å². The quantitative estimate of drug-likeness (QED) is 0.0649. The van der Waals surface area contributed by atoms with Gasteiger partial charge >= 0.3 is 11.9 Å². The van der Waals surface area contributed by atoms with Crippen LogP contribution < -0.4 is 10.6 Å². The number of unbranched alkanes of at least 4 members (excludes halogenated alkanes) is 2. The first kappa shape index (κ1) is 47.8. The molecule has 14 nitrogen and oxygen atoms in total. The van der Waals surface area contributed by atoms with Crippen LogP contribution in [0, 0.1) is 50.2 Å². The molecule has 8 N–H and O–H groups in total. The molecule has 0 bridgehead atoms. The van der Waals surface area contributed by atoms with Crippen molar-refractivity contribution < 1.29 is 59.3 Å². The lowest BCUT2D eigenvalue weighted by Gasteiger charge is -2.71. The number of amides is 2. The van der Waals surface area contributed by atoms with Gasteiger partial charge in [0.05, 0.1) is 30.3 Å². The highest BCUT2D eigenvalue weighted by atomic mass is 16.7. The SMILES string of the molecule is CC(=O)N[C@H]1[C@H]([C@H](O)[C@H](O)CO)O[C@@](O[C@H]2CC[C@]3(C)[C@H]4CC=C5[C@@H]6CC(C)(C)CC[C@]6(C(=O)NCCCCCC(=O)O)CC[C@@]5(C)[C@]4(C)CC[C@H]3C2(C)C)(C(=O)O)C[C@@H]1O. The average Bonchev–Trinajstić information content (AvgIpc) is 3.17. The number of nitrogens with one attached hydrogen (secondary N) is 2. The fraction of sp³-hybridized carbons (Fsp3) is 0.872. The lowest BCUT2D eigenvalue weighted by atomic mass is 9.33. The summed E-state index contributed by atoms with van der Waals surface area (Å²) in [5, 5.41) is 68.0. The van der Waals surface area contributed by atoms with E-state index >= 15 is 0 Å². The topological polar surface area (TPSA) is 232 Å². The number of allylic oxidation sites excluding steroid dienone is 2. The van der Waals surface area contributed by atoms with E-state index in [4.69, 9.17) is 14.6 Å². The first-order valence-electron chi connectivity index (χ1n) is 23.1. The molecule has 0 aromatic rings. The maximum absolute atomic E-state index is 14.4. The molecule has 1 saturated heterocycles. The van der Waals surface area contributed by atoms with Gasteiger partial charge in [-0.05, 0) is 122 Å². The number of rotatable bonds is 14. The number of aliphatic carboxylic acids is 2. The van der Waals surface area contributed by atoms with E-state index in [0.717, 1.165) is 70.6 Å². The Hall–Kier alpha value is -2.62. The zero-order valence-electron chi connectivity index (χ0n) is 37.9. The molecule has 0 aromatic heterocycles. The van der Waals surface area contributed by atoms with Gasteiger partial charge in [-0.2, -0.15) is 0 Å². The zero-order valence-corrected chi connectivity index (χ0v) is 37.9. The van der Waals surface area contributed by atoms with Gasteiger partial charge in [-0.1, -0.05) is 66.5 Å². The molecule has 0 spiro atoms. The molecule has 5 aliphatic carbocycles. The van der Waals surface area contributed by atoms with Crippen molar-refractivity contribution in [2.24, 2.45) is 50.2 Å². The first-order valence-corrected chi connectivity index (χ1v) is 23.1. The number of carboxylic acid groups (broad SMARTS) is 2. The van der Waals surface area contributed by atoms with Crippen molar-refractivity contribution in [3.8, 4) is 0 Å². The highest BCUT2D eigenvalue weighted by Crippen LogP contribution is 2.76. The number of hydrogen-bond acceptors (Lipinski definition) is 10. The van der Waals surface area contributed by atoms with Crippen LogP contribution in [0.4, 0.5) is 0 Å². The molecule has 61 heavy (non-hydrogen) atoms. The Balaban J connectivity index is 1.26. The van der Waals surface area contributed by atoms with E-state index in [2.05, 4.69) is 65.2 Å². The van der Waals surface area contributed by atoms with Crippen molar-refractivity contribution in [2.45, 2.75) is 194 Å². The Morgan fingerprint density at radius 1 is 0.885 bits per heavy atom. The zero-order chi connectivity index (χ0) is 45.1. The van der Waals surface area contributed by atoms with Crippen LogP contribution in [0.5, 0.6) is 0 Å². The average molecular weight is 861 g/mol. The lowest BCUT2D eigenvalue weighted by molar-refractivity contribution is -0.342. The largest absolute Gasteiger partial charge is 0.481 e. The fourth-order valence-corrected chi connectivity index (χ4v) is 14.3. The number of ether oxygens (including phenoxy) is 2. The van der Waals surface area contributed by atoms with E-state index in [9.17, 15) is 44.7 Å². The van der Waals surface area contributed by atoms with E-state index < -0.39 is 84.1 Å². The molecule has 5 fully saturated rings. The van der Waals surface area contributed by atoms with E-state index in [0.29, 0.717) is 25.3 Å². The van der Waals surface area contributed by atoms with E-state index in [1.54, 1.807) is 0 Å². The normalized spacial score (nSPS) is 42.2. The molecule has 6 rings (SSSR count). The maximum atomic E-state index is 14.4. The van der Waals surface area contributed by atoms with Gasteiger partial charge in [-0.15, -0.1) is 0 Å². The number of carbonyl (C=O) groups is 4. The minimum absolute atomic E-state index is 0.0605. The molecule has 6 aliphatic rings. The van der Waals surface area contributed by atoms with Crippen molar-refractivity contribution in [1.82, 2.24) is 10.6 Å². The third-order valence-corrected chi connectivity index (χ3v) is 17.9. The molecule has 346 valence electrons. The van der Waals surface area contributed by atoms with Gasteiger partial charge in [0.1, 0.15) is 18.3 Å². The van der Waals surface area contributed by atoms with E-state index in [1.165, 1.54) is 12.5 Å². The van der Waals surface area contributed by atoms with Gasteiger partial charge in [0.15, 0.2) is 0 Å². The molecule has 1 aliphatic heterocycles. The van der Waals surface area contributed by atoms with E-state index in [1.807, 2.05) is 0 Å². The summed E-state index contributed by atoms with van der Waals surface area (Å²) in [6.07, 6.45) is 5.53. The van der Waals surface area contributed by atoms with Gasteiger partial charge in [0.25, 0.3) is 5.79 Å². The highest BCUT2D eigenvalue weighted by molar-refractivity contribution is 5.84. The second kappa shape index (κ2) is 17.1. The summed E-state index contributed by atoms with van der Waals surface area (Å²) in [4.78, 5) is 50.7. The van der Waals surface area contributed by atoms with Gasteiger partial charge in [-0.3, -0.25) is 14.4 Å². The summed E-state index contributed by atoms with van der Waals surface area (Å²) >= 11 is 0. The summed E-state index contributed by atoms with van der Waals surface area (Å²) in [5.74, 6) is -4.50. The van der Waals surface area contributed by atoms with Crippen LogP contribution in [-0.4, -0.2) is 110 Å². The molecular weight excluding hydrogens is 785 g/mol. The number of fused-ring (bicyclic) bond motifs is 7. The molecule has 0 unspecified atom stereocenters. The third-order valence-electron chi connectivity index (χ3n) is 17.9. The molecule has 0 aromatic carbocycles. The maximum Gasteiger partial charge on any atom is 0.364 e. The summed E-state index contributed by atoms with van der Waals surface area (Å²) < 4.78 is 12.7. The summed E-state index contributed by atoms with van der Waals surface area (Å²) in [6.45, 7) is 17.2. The van der Waals surface area contributed by atoms with Crippen LogP contribution in [0.25, 0.3) is 0 Å². The van der Waals surface area contributed by atoms with Crippen LogP contribution in [0.2, 0.25) is 0 Å². The molecular formula is C47H76N2O12.